The van der Waals surface area contributed by atoms with Gasteiger partial charge in [-0.1, -0.05) is 27.7 Å². The molecule has 0 saturated carbocycles. The highest BCUT2D eigenvalue weighted by atomic mass is 32.1. The van der Waals surface area contributed by atoms with Gasteiger partial charge in [-0.15, -0.1) is 0 Å². The number of hydrogen-bond acceptors (Lipinski definition) is 7. The van der Waals surface area contributed by atoms with Crippen molar-refractivity contribution in [1.29, 1.82) is 0 Å². The van der Waals surface area contributed by atoms with Crippen LogP contribution >= 0.6 is 12.6 Å². The number of carbonyl (C=O) groups excluding carboxylic acids is 3. The van der Waals surface area contributed by atoms with Gasteiger partial charge < -0.3 is 31.8 Å². The SMILES string of the molecule is CC(C)CC(NC(=O)C(N)Cc1cnc[nH]1)C(=O)NC(CC(C)C)C(=O)NC(CS)C(=O)O. The van der Waals surface area contributed by atoms with Crippen LogP contribution in [0.2, 0.25) is 0 Å². The first-order valence-electron chi connectivity index (χ1n) is 10.9. The molecule has 186 valence electrons. The van der Waals surface area contributed by atoms with Gasteiger partial charge in [0.25, 0.3) is 0 Å². The number of aromatic nitrogens is 2. The Kier molecular flexibility index (Phi) is 11.9. The quantitative estimate of drug-likeness (QED) is 0.179. The Labute approximate surface area is 199 Å². The van der Waals surface area contributed by atoms with Gasteiger partial charge in [0.2, 0.25) is 17.7 Å². The summed E-state index contributed by atoms with van der Waals surface area (Å²) in [7, 11) is 0. The summed E-state index contributed by atoms with van der Waals surface area (Å²) < 4.78 is 0. The van der Waals surface area contributed by atoms with Crippen LogP contribution in [0.5, 0.6) is 0 Å². The maximum Gasteiger partial charge on any atom is 0.327 e. The van der Waals surface area contributed by atoms with Gasteiger partial charge in [0.05, 0.1) is 12.4 Å². The summed E-state index contributed by atoms with van der Waals surface area (Å²) in [5.74, 6) is -2.86. The Morgan fingerprint density at radius 2 is 1.45 bits per heavy atom. The molecule has 0 aliphatic heterocycles. The molecular formula is C21H36N6O5S. The standard InChI is InChI=1S/C21H36N6O5S/c1-11(2)5-15(25-18(28)14(22)7-13-8-23-10-24-13)19(29)26-16(6-12(3)4)20(30)27-17(9-33)21(31)32/h8,10-12,14-17,33H,5-7,9,22H2,1-4H3,(H,23,24)(H,25,28)(H,26,29)(H,27,30)(H,31,32). The van der Waals surface area contributed by atoms with E-state index in [1.165, 1.54) is 6.33 Å². The summed E-state index contributed by atoms with van der Waals surface area (Å²) in [6, 6.07) is -3.95. The van der Waals surface area contributed by atoms with Crippen LogP contribution < -0.4 is 21.7 Å². The molecule has 11 nitrogen and oxygen atoms in total. The molecule has 0 saturated heterocycles. The summed E-state index contributed by atoms with van der Waals surface area (Å²) >= 11 is 3.95. The average Bonchev–Trinajstić information content (AvgIpc) is 3.22. The van der Waals surface area contributed by atoms with Crippen molar-refractivity contribution in [2.45, 2.75) is 71.1 Å². The van der Waals surface area contributed by atoms with E-state index in [9.17, 15) is 24.3 Å². The minimum absolute atomic E-state index is 0.0429. The first-order chi connectivity index (χ1) is 15.4. The molecule has 0 radical (unpaired) electrons. The van der Waals surface area contributed by atoms with Gasteiger partial charge >= 0.3 is 5.97 Å². The van der Waals surface area contributed by atoms with Gasteiger partial charge in [0.15, 0.2) is 0 Å². The van der Waals surface area contributed by atoms with Crippen LogP contribution in [-0.2, 0) is 25.6 Å². The molecule has 0 spiro atoms. The molecule has 0 fully saturated rings. The monoisotopic (exact) mass is 484 g/mol. The van der Waals surface area contributed by atoms with E-state index in [1.807, 2.05) is 27.7 Å². The number of H-pyrrole nitrogens is 1. The third-order valence-electron chi connectivity index (χ3n) is 4.81. The zero-order chi connectivity index (χ0) is 25.1. The van der Waals surface area contributed by atoms with E-state index < -0.39 is 47.9 Å². The first kappa shape index (κ1) is 28.4. The van der Waals surface area contributed by atoms with Crippen LogP contribution in [0.3, 0.4) is 0 Å². The van der Waals surface area contributed by atoms with Crippen LogP contribution in [0, 0.1) is 11.8 Å². The van der Waals surface area contributed by atoms with Crippen molar-refractivity contribution in [1.82, 2.24) is 25.9 Å². The molecule has 4 unspecified atom stereocenters. The van der Waals surface area contributed by atoms with Crippen molar-refractivity contribution in [3.05, 3.63) is 18.2 Å². The highest BCUT2D eigenvalue weighted by molar-refractivity contribution is 7.80. The lowest BCUT2D eigenvalue weighted by Crippen LogP contribution is -2.57. The van der Waals surface area contributed by atoms with Gasteiger partial charge in [0, 0.05) is 24.1 Å². The van der Waals surface area contributed by atoms with Crippen molar-refractivity contribution in [3.63, 3.8) is 0 Å². The van der Waals surface area contributed by atoms with E-state index in [1.54, 1.807) is 6.20 Å². The van der Waals surface area contributed by atoms with Crippen molar-refractivity contribution in [2.75, 3.05) is 5.75 Å². The molecule has 3 amide bonds. The molecular weight excluding hydrogens is 448 g/mol. The number of aromatic amines is 1. The summed E-state index contributed by atoms with van der Waals surface area (Å²) in [5, 5.41) is 16.9. The number of nitrogens with zero attached hydrogens (tertiary/aromatic N) is 1. The van der Waals surface area contributed by atoms with Crippen molar-refractivity contribution in [3.8, 4) is 0 Å². The third-order valence-corrected chi connectivity index (χ3v) is 5.17. The van der Waals surface area contributed by atoms with Crippen molar-refractivity contribution < 1.29 is 24.3 Å². The predicted octanol–water partition coefficient (Wildman–Crippen LogP) is -0.159. The molecule has 0 aromatic carbocycles. The Hall–Kier alpha value is -2.60. The second kappa shape index (κ2) is 13.8. The number of thiol groups is 1. The maximum absolute atomic E-state index is 13.0. The molecule has 1 aromatic rings. The number of nitrogens with one attached hydrogen (secondary N) is 4. The van der Waals surface area contributed by atoms with E-state index in [0.717, 1.165) is 0 Å². The number of carbonyl (C=O) groups is 4. The van der Waals surface area contributed by atoms with Gasteiger partial charge in [-0.25, -0.2) is 9.78 Å². The van der Waals surface area contributed by atoms with E-state index in [4.69, 9.17) is 5.73 Å². The number of carboxylic acid groups (broad SMARTS) is 1. The molecule has 12 heteroatoms. The lowest BCUT2D eigenvalue weighted by Gasteiger charge is -2.26. The van der Waals surface area contributed by atoms with Crippen LogP contribution in [0.1, 0.15) is 46.2 Å². The van der Waals surface area contributed by atoms with E-state index in [0.29, 0.717) is 12.1 Å². The van der Waals surface area contributed by atoms with E-state index >= 15 is 0 Å². The molecule has 0 aliphatic carbocycles. The fourth-order valence-corrected chi connectivity index (χ4v) is 3.39. The summed E-state index contributed by atoms with van der Waals surface area (Å²) in [5.41, 5.74) is 6.67. The first-order valence-corrected chi connectivity index (χ1v) is 11.5. The largest absolute Gasteiger partial charge is 0.480 e. The highest BCUT2D eigenvalue weighted by Gasteiger charge is 2.30. The van der Waals surface area contributed by atoms with Gasteiger partial charge in [0.1, 0.15) is 18.1 Å². The summed E-state index contributed by atoms with van der Waals surface area (Å²) in [6.45, 7) is 7.56. The molecule has 0 bridgehead atoms. The van der Waals surface area contributed by atoms with E-state index in [-0.39, 0.29) is 30.4 Å². The summed E-state index contributed by atoms with van der Waals surface area (Å²) in [4.78, 5) is 56.4. The maximum atomic E-state index is 13.0. The van der Waals surface area contributed by atoms with E-state index in [2.05, 4.69) is 38.5 Å². The Balaban J connectivity index is 2.91. The Bertz CT molecular complexity index is 786. The fraction of sp³-hybridized carbons (Fsp3) is 0.667. The molecule has 1 rings (SSSR count). The van der Waals surface area contributed by atoms with Gasteiger partial charge in [-0.3, -0.25) is 14.4 Å². The zero-order valence-electron chi connectivity index (χ0n) is 19.5. The average molecular weight is 485 g/mol. The number of amides is 3. The number of carboxylic acids is 1. The molecule has 1 heterocycles. The molecule has 1 aromatic heterocycles. The highest BCUT2D eigenvalue weighted by Crippen LogP contribution is 2.10. The lowest BCUT2D eigenvalue weighted by atomic mass is 9.99. The van der Waals surface area contributed by atoms with Gasteiger partial charge in [-0.2, -0.15) is 12.6 Å². The fourth-order valence-electron chi connectivity index (χ4n) is 3.14. The number of imidazole rings is 1. The van der Waals surface area contributed by atoms with Crippen molar-refractivity contribution in [2.24, 2.45) is 17.6 Å². The minimum atomic E-state index is -1.22. The zero-order valence-corrected chi connectivity index (χ0v) is 20.4. The van der Waals surface area contributed by atoms with Crippen LogP contribution in [0.25, 0.3) is 0 Å². The molecule has 33 heavy (non-hydrogen) atoms. The van der Waals surface area contributed by atoms with Crippen LogP contribution in [0.15, 0.2) is 12.5 Å². The smallest absolute Gasteiger partial charge is 0.327 e. The topological polar surface area (TPSA) is 179 Å². The van der Waals surface area contributed by atoms with Crippen LogP contribution in [-0.4, -0.2) is 68.7 Å². The number of aliphatic carboxylic acids is 1. The molecule has 4 atom stereocenters. The van der Waals surface area contributed by atoms with Crippen LogP contribution in [0.4, 0.5) is 0 Å². The minimum Gasteiger partial charge on any atom is -0.480 e. The molecule has 7 N–H and O–H groups in total. The Morgan fingerprint density at radius 3 is 1.85 bits per heavy atom. The predicted molar refractivity (Wildman–Crippen MR) is 126 cm³/mol. The normalized spacial score (nSPS) is 14.9. The van der Waals surface area contributed by atoms with Crippen molar-refractivity contribution >= 4 is 36.3 Å². The second-order valence-electron chi connectivity index (χ2n) is 8.85. The number of hydrogen-bond donors (Lipinski definition) is 7. The lowest BCUT2D eigenvalue weighted by molar-refractivity contribution is -0.141. The number of rotatable bonds is 14. The third kappa shape index (κ3) is 10.3. The summed E-state index contributed by atoms with van der Waals surface area (Å²) in [6.07, 6.45) is 3.89. The molecule has 0 aliphatic rings. The second-order valence-corrected chi connectivity index (χ2v) is 9.22. The van der Waals surface area contributed by atoms with Gasteiger partial charge in [-0.05, 0) is 24.7 Å². The number of nitrogens with two attached hydrogens (primary N) is 1. The Morgan fingerprint density at radius 1 is 0.970 bits per heavy atom.